The quantitative estimate of drug-likeness (QED) is 0.757. The number of benzene rings is 2. The third-order valence-corrected chi connectivity index (χ3v) is 5.31. The standard InChI is InChI=1S/C22H26N2O/c25-22(24-20-7-2-1-3-8-20)19-6-4-5-16(13-19)11-12-18-14-21(18)23-15-17-9-10-17/h1-8,13,17-18,21,23H,9-12,14-15H2,(H,24,25)/t18-,21-/m1/s1. The van der Waals surface area contributed by atoms with Crippen LogP contribution in [0.4, 0.5) is 5.69 Å². The third-order valence-electron chi connectivity index (χ3n) is 5.31. The van der Waals surface area contributed by atoms with Crippen molar-refractivity contribution in [2.24, 2.45) is 11.8 Å². The number of nitrogens with one attached hydrogen (secondary N) is 2. The molecule has 2 aliphatic rings. The molecule has 2 aliphatic carbocycles. The summed E-state index contributed by atoms with van der Waals surface area (Å²) in [6, 6.07) is 18.4. The van der Waals surface area contributed by atoms with Gasteiger partial charge in [-0.25, -0.2) is 0 Å². The Balaban J connectivity index is 1.27. The zero-order valence-corrected chi connectivity index (χ0v) is 14.6. The van der Waals surface area contributed by atoms with Crippen LogP contribution in [0.25, 0.3) is 0 Å². The van der Waals surface area contributed by atoms with Crippen LogP contribution in [-0.4, -0.2) is 18.5 Å². The zero-order chi connectivity index (χ0) is 17.1. The van der Waals surface area contributed by atoms with Crippen LogP contribution in [0.1, 0.15) is 41.6 Å². The molecule has 3 nitrogen and oxygen atoms in total. The van der Waals surface area contributed by atoms with Crippen LogP contribution >= 0.6 is 0 Å². The summed E-state index contributed by atoms with van der Waals surface area (Å²) in [6.07, 6.45) is 6.43. The molecule has 2 fully saturated rings. The summed E-state index contributed by atoms with van der Waals surface area (Å²) in [7, 11) is 0. The van der Waals surface area contributed by atoms with Crippen molar-refractivity contribution in [2.75, 3.05) is 11.9 Å². The molecule has 0 aliphatic heterocycles. The molecule has 130 valence electrons. The Morgan fingerprint density at radius 3 is 2.68 bits per heavy atom. The average molecular weight is 334 g/mol. The van der Waals surface area contributed by atoms with Crippen LogP contribution in [0.15, 0.2) is 54.6 Å². The highest BCUT2D eigenvalue weighted by atomic mass is 16.1. The zero-order valence-electron chi connectivity index (χ0n) is 14.6. The molecule has 25 heavy (non-hydrogen) atoms. The van der Waals surface area contributed by atoms with Gasteiger partial charge in [-0.15, -0.1) is 0 Å². The molecule has 2 atom stereocenters. The van der Waals surface area contributed by atoms with Crippen molar-refractivity contribution in [3.8, 4) is 0 Å². The van der Waals surface area contributed by atoms with Gasteiger partial charge in [0.1, 0.15) is 0 Å². The van der Waals surface area contributed by atoms with Crippen molar-refractivity contribution in [3.63, 3.8) is 0 Å². The van der Waals surface area contributed by atoms with Crippen molar-refractivity contribution in [3.05, 3.63) is 65.7 Å². The van der Waals surface area contributed by atoms with Crippen LogP contribution in [-0.2, 0) is 6.42 Å². The first kappa shape index (κ1) is 16.3. The maximum atomic E-state index is 12.4. The van der Waals surface area contributed by atoms with Gasteiger partial charge < -0.3 is 10.6 Å². The molecule has 2 N–H and O–H groups in total. The van der Waals surface area contributed by atoms with Crippen LogP contribution in [0.3, 0.4) is 0 Å². The van der Waals surface area contributed by atoms with Gasteiger partial charge in [0.25, 0.3) is 5.91 Å². The second kappa shape index (κ2) is 7.40. The molecule has 0 spiro atoms. The average Bonchev–Trinajstić information content (AvgIpc) is 3.54. The molecule has 2 saturated carbocycles. The predicted molar refractivity (Wildman–Crippen MR) is 102 cm³/mol. The number of aryl methyl sites for hydroxylation is 1. The number of hydrogen-bond acceptors (Lipinski definition) is 2. The van der Waals surface area contributed by atoms with Gasteiger partial charge in [0.15, 0.2) is 0 Å². The highest BCUT2D eigenvalue weighted by Crippen LogP contribution is 2.36. The Bertz CT molecular complexity index is 724. The molecular weight excluding hydrogens is 308 g/mol. The monoisotopic (exact) mass is 334 g/mol. The smallest absolute Gasteiger partial charge is 0.255 e. The molecule has 1 amide bonds. The van der Waals surface area contributed by atoms with E-state index in [9.17, 15) is 4.79 Å². The molecule has 2 aromatic carbocycles. The SMILES string of the molecule is O=C(Nc1ccccc1)c1cccc(CC[C@@H]2C[C@H]2NCC2CC2)c1. The minimum atomic E-state index is -0.0385. The Morgan fingerprint density at radius 2 is 1.88 bits per heavy atom. The van der Waals surface area contributed by atoms with E-state index in [4.69, 9.17) is 0 Å². The number of rotatable bonds is 8. The van der Waals surface area contributed by atoms with Crippen molar-refractivity contribution >= 4 is 11.6 Å². The molecule has 0 bridgehead atoms. The van der Waals surface area contributed by atoms with E-state index >= 15 is 0 Å². The lowest BCUT2D eigenvalue weighted by Crippen LogP contribution is -2.20. The van der Waals surface area contributed by atoms with Crippen molar-refractivity contribution in [1.29, 1.82) is 0 Å². The summed E-state index contributed by atoms with van der Waals surface area (Å²) in [5.41, 5.74) is 2.83. The Labute approximate surface area is 149 Å². The normalized spacial score (nSPS) is 21.8. The van der Waals surface area contributed by atoms with Crippen LogP contribution in [0.2, 0.25) is 0 Å². The largest absolute Gasteiger partial charge is 0.322 e. The summed E-state index contributed by atoms with van der Waals surface area (Å²) < 4.78 is 0. The highest BCUT2D eigenvalue weighted by Gasteiger charge is 2.37. The van der Waals surface area contributed by atoms with Gasteiger partial charge in [-0.05, 0) is 80.3 Å². The fourth-order valence-corrected chi connectivity index (χ4v) is 3.40. The van der Waals surface area contributed by atoms with Gasteiger partial charge in [0.05, 0.1) is 0 Å². The first-order chi connectivity index (χ1) is 12.3. The van der Waals surface area contributed by atoms with E-state index in [2.05, 4.69) is 16.7 Å². The Kier molecular flexibility index (Phi) is 4.84. The van der Waals surface area contributed by atoms with E-state index in [1.165, 1.54) is 37.8 Å². The van der Waals surface area contributed by atoms with Crippen LogP contribution in [0.5, 0.6) is 0 Å². The van der Waals surface area contributed by atoms with Crippen molar-refractivity contribution < 1.29 is 4.79 Å². The third kappa shape index (κ3) is 4.70. The lowest BCUT2D eigenvalue weighted by atomic mass is 10.0. The second-order valence-electron chi connectivity index (χ2n) is 7.51. The first-order valence-corrected chi connectivity index (χ1v) is 9.46. The molecule has 0 saturated heterocycles. The summed E-state index contributed by atoms with van der Waals surface area (Å²) in [6.45, 7) is 1.22. The molecule has 0 heterocycles. The molecule has 0 aromatic heterocycles. The minimum absolute atomic E-state index is 0.0385. The molecule has 2 aromatic rings. The van der Waals surface area contributed by atoms with Crippen molar-refractivity contribution in [1.82, 2.24) is 5.32 Å². The van der Waals surface area contributed by atoms with Gasteiger partial charge in [-0.1, -0.05) is 30.3 Å². The summed E-state index contributed by atoms with van der Waals surface area (Å²) in [4.78, 5) is 12.4. The summed E-state index contributed by atoms with van der Waals surface area (Å²) in [5, 5.41) is 6.65. The fraction of sp³-hybridized carbons (Fsp3) is 0.409. The first-order valence-electron chi connectivity index (χ1n) is 9.46. The second-order valence-corrected chi connectivity index (χ2v) is 7.51. The summed E-state index contributed by atoms with van der Waals surface area (Å²) >= 11 is 0. The van der Waals surface area contributed by atoms with E-state index in [1.807, 2.05) is 48.5 Å². The Hall–Kier alpha value is -2.13. The van der Waals surface area contributed by atoms with Crippen LogP contribution in [0, 0.1) is 11.8 Å². The molecule has 0 radical (unpaired) electrons. The van der Waals surface area contributed by atoms with E-state index < -0.39 is 0 Å². The van der Waals surface area contributed by atoms with Crippen molar-refractivity contribution in [2.45, 2.75) is 38.1 Å². The molecule has 4 rings (SSSR count). The lowest BCUT2D eigenvalue weighted by molar-refractivity contribution is 0.102. The fourth-order valence-electron chi connectivity index (χ4n) is 3.40. The van der Waals surface area contributed by atoms with Gasteiger partial charge in [-0.2, -0.15) is 0 Å². The Morgan fingerprint density at radius 1 is 1.04 bits per heavy atom. The van der Waals surface area contributed by atoms with Crippen LogP contribution < -0.4 is 10.6 Å². The maximum absolute atomic E-state index is 12.4. The van der Waals surface area contributed by atoms with Gasteiger partial charge in [0.2, 0.25) is 0 Å². The number of carbonyl (C=O) groups excluding carboxylic acids is 1. The number of carbonyl (C=O) groups is 1. The van der Waals surface area contributed by atoms with E-state index in [1.54, 1.807) is 0 Å². The number of anilines is 1. The minimum Gasteiger partial charge on any atom is -0.322 e. The molecule has 3 heteroatoms. The summed E-state index contributed by atoms with van der Waals surface area (Å²) in [5.74, 6) is 1.74. The molecular formula is C22H26N2O. The van der Waals surface area contributed by atoms with Gasteiger partial charge in [0, 0.05) is 17.3 Å². The maximum Gasteiger partial charge on any atom is 0.255 e. The topological polar surface area (TPSA) is 41.1 Å². The van der Waals surface area contributed by atoms with E-state index in [-0.39, 0.29) is 5.91 Å². The number of para-hydroxylation sites is 1. The lowest BCUT2D eigenvalue weighted by Gasteiger charge is -2.07. The van der Waals surface area contributed by atoms with E-state index in [0.717, 1.165) is 35.5 Å². The van der Waals surface area contributed by atoms with Gasteiger partial charge in [-0.3, -0.25) is 4.79 Å². The number of amides is 1. The molecule has 0 unspecified atom stereocenters. The number of hydrogen-bond donors (Lipinski definition) is 2. The highest BCUT2D eigenvalue weighted by molar-refractivity contribution is 6.04. The predicted octanol–water partition coefficient (Wildman–Crippen LogP) is 4.26. The van der Waals surface area contributed by atoms with Gasteiger partial charge >= 0.3 is 0 Å². The van der Waals surface area contributed by atoms with E-state index in [0.29, 0.717) is 0 Å².